The van der Waals surface area contributed by atoms with Gasteiger partial charge in [-0.3, -0.25) is 14.7 Å². The number of rotatable bonds is 7. The molecule has 174 valence electrons. The second-order valence-corrected chi connectivity index (χ2v) is 10.2. The lowest BCUT2D eigenvalue weighted by Crippen LogP contribution is -2.51. The first-order valence-corrected chi connectivity index (χ1v) is 12.4. The van der Waals surface area contributed by atoms with Crippen LogP contribution in [0.25, 0.3) is 10.9 Å². The van der Waals surface area contributed by atoms with Crippen LogP contribution in [0, 0.1) is 12.7 Å². The SMILES string of the molecule is Cc1cnc2c(S(=O)(=O)N3CCN(CC(=O)NCCc4ccc(F)cc4)CC3)cccc2c1. The third-order valence-electron chi connectivity index (χ3n) is 5.78. The number of hydrogen-bond acceptors (Lipinski definition) is 5. The van der Waals surface area contributed by atoms with E-state index in [1.807, 2.05) is 24.0 Å². The van der Waals surface area contributed by atoms with Crippen molar-refractivity contribution in [3.8, 4) is 0 Å². The van der Waals surface area contributed by atoms with Gasteiger partial charge in [-0.05, 0) is 48.7 Å². The lowest BCUT2D eigenvalue weighted by molar-refractivity contribution is -0.122. The predicted molar refractivity (Wildman–Crippen MR) is 125 cm³/mol. The topological polar surface area (TPSA) is 82.6 Å². The summed E-state index contributed by atoms with van der Waals surface area (Å²) in [6.07, 6.45) is 2.30. The van der Waals surface area contributed by atoms with Crippen molar-refractivity contribution in [3.63, 3.8) is 0 Å². The molecule has 1 aromatic heterocycles. The number of pyridine rings is 1. The Morgan fingerprint density at radius 1 is 1.09 bits per heavy atom. The first-order valence-electron chi connectivity index (χ1n) is 10.9. The molecular formula is C24H27FN4O3S. The summed E-state index contributed by atoms with van der Waals surface area (Å²) in [4.78, 5) is 18.8. The van der Waals surface area contributed by atoms with Gasteiger partial charge in [0.05, 0.1) is 12.1 Å². The van der Waals surface area contributed by atoms with E-state index in [0.29, 0.717) is 44.7 Å². The fraction of sp³-hybridized carbons (Fsp3) is 0.333. The van der Waals surface area contributed by atoms with E-state index in [-0.39, 0.29) is 23.2 Å². The Kier molecular flexibility index (Phi) is 7.02. The zero-order valence-corrected chi connectivity index (χ0v) is 19.3. The second kappa shape index (κ2) is 9.94. The summed E-state index contributed by atoms with van der Waals surface area (Å²) >= 11 is 0. The number of fused-ring (bicyclic) bond motifs is 1. The number of amides is 1. The lowest BCUT2D eigenvalue weighted by atomic mass is 10.1. The average Bonchev–Trinajstić information content (AvgIpc) is 2.80. The van der Waals surface area contributed by atoms with E-state index in [4.69, 9.17) is 0 Å². The number of hydrogen-bond donors (Lipinski definition) is 1. The number of nitrogens with one attached hydrogen (secondary N) is 1. The van der Waals surface area contributed by atoms with Gasteiger partial charge in [-0.2, -0.15) is 4.31 Å². The van der Waals surface area contributed by atoms with Crippen LogP contribution in [0.1, 0.15) is 11.1 Å². The van der Waals surface area contributed by atoms with Gasteiger partial charge in [0.2, 0.25) is 15.9 Å². The van der Waals surface area contributed by atoms with Crippen molar-refractivity contribution in [2.24, 2.45) is 0 Å². The molecule has 2 aromatic carbocycles. The van der Waals surface area contributed by atoms with Crippen LogP contribution in [0.5, 0.6) is 0 Å². The normalized spacial score (nSPS) is 15.6. The van der Waals surface area contributed by atoms with Gasteiger partial charge in [0, 0.05) is 44.3 Å². The van der Waals surface area contributed by atoms with Gasteiger partial charge in [-0.25, -0.2) is 12.8 Å². The summed E-state index contributed by atoms with van der Waals surface area (Å²) in [6.45, 7) is 4.18. The van der Waals surface area contributed by atoms with Gasteiger partial charge in [0.1, 0.15) is 10.7 Å². The highest BCUT2D eigenvalue weighted by Gasteiger charge is 2.30. The zero-order chi connectivity index (χ0) is 23.4. The van der Waals surface area contributed by atoms with Gasteiger partial charge in [-0.1, -0.05) is 24.3 Å². The number of piperazine rings is 1. The number of carbonyl (C=O) groups excluding carboxylic acids is 1. The van der Waals surface area contributed by atoms with Crippen molar-refractivity contribution in [1.29, 1.82) is 0 Å². The van der Waals surface area contributed by atoms with Crippen LogP contribution in [-0.4, -0.2) is 67.8 Å². The Labute approximate surface area is 193 Å². The molecule has 3 aromatic rings. The maximum atomic E-state index is 13.3. The van der Waals surface area contributed by atoms with Crippen molar-refractivity contribution in [1.82, 2.24) is 19.5 Å². The molecule has 2 heterocycles. The molecule has 0 atom stereocenters. The lowest BCUT2D eigenvalue weighted by Gasteiger charge is -2.33. The molecule has 4 rings (SSSR count). The second-order valence-electron chi connectivity index (χ2n) is 8.25. The van der Waals surface area contributed by atoms with Crippen molar-refractivity contribution in [2.45, 2.75) is 18.2 Å². The monoisotopic (exact) mass is 470 g/mol. The van der Waals surface area contributed by atoms with E-state index in [0.717, 1.165) is 16.5 Å². The molecule has 33 heavy (non-hydrogen) atoms. The van der Waals surface area contributed by atoms with Crippen LogP contribution in [0.2, 0.25) is 0 Å². The van der Waals surface area contributed by atoms with Crippen molar-refractivity contribution in [3.05, 3.63) is 71.7 Å². The number of benzene rings is 2. The van der Waals surface area contributed by atoms with Crippen LogP contribution in [0.15, 0.2) is 59.6 Å². The van der Waals surface area contributed by atoms with Crippen molar-refractivity contribution < 1.29 is 17.6 Å². The Bertz CT molecular complexity index is 1240. The minimum absolute atomic E-state index is 0.109. The van der Waals surface area contributed by atoms with Crippen LogP contribution >= 0.6 is 0 Å². The molecule has 0 spiro atoms. The third-order valence-corrected chi connectivity index (χ3v) is 7.71. The van der Waals surface area contributed by atoms with Gasteiger partial charge >= 0.3 is 0 Å². The summed E-state index contributed by atoms with van der Waals surface area (Å²) in [5.74, 6) is -0.391. The highest BCUT2D eigenvalue weighted by molar-refractivity contribution is 7.89. The molecule has 0 saturated carbocycles. The van der Waals surface area contributed by atoms with E-state index in [9.17, 15) is 17.6 Å². The summed E-state index contributed by atoms with van der Waals surface area (Å²) in [6, 6.07) is 13.3. The number of sulfonamides is 1. The molecule has 7 nitrogen and oxygen atoms in total. The summed E-state index contributed by atoms with van der Waals surface area (Å²) in [7, 11) is -3.68. The molecule has 0 radical (unpaired) electrons. The number of aromatic nitrogens is 1. The zero-order valence-electron chi connectivity index (χ0n) is 18.5. The number of para-hydroxylation sites is 1. The maximum absolute atomic E-state index is 13.3. The fourth-order valence-corrected chi connectivity index (χ4v) is 5.56. The quantitative estimate of drug-likeness (QED) is 0.573. The van der Waals surface area contributed by atoms with Crippen molar-refractivity contribution >= 4 is 26.8 Å². The minimum Gasteiger partial charge on any atom is -0.355 e. The van der Waals surface area contributed by atoms with E-state index in [1.54, 1.807) is 30.5 Å². The van der Waals surface area contributed by atoms with Crippen LogP contribution < -0.4 is 5.32 Å². The molecule has 1 N–H and O–H groups in total. The van der Waals surface area contributed by atoms with Crippen LogP contribution in [-0.2, 0) is 21.2 Å². The molecule has 0 bridgehead atoms. The van der Waals surface area contributed by atoms with Gasteiger partial charge in [0.15, 0.2) is 0 Å². The van der Waals surface area contributed by atoms with E-state index in [1.165, 1.54) is 16.4 Å². The molecule has 1 aliphatic rings. The largest absolute Gasteiger partial charge is 0.355 e. The van der Waals surface area contributed by atoms with E-state index >= 15 is 0 Å². The Morgan fingerprint density at radius 2 is 1.82 bits per heavy atom. The molecule has 1 aliphatic heterocycles. The summed E-state index contributed by atoms with van der Waals surface area (Å²) < 4.78 is 41.0. The first-order chi connectivity index (χ1) is 15.8. The highest BCUT2D eigenvalue weighted by Crippen LogP contribution is 2.25. The average molecular weight is 471 g/mol. The molecule has 0 unspecified atom stereocenters. The molecule has 1 amide bonds. The molecular weight excluding hydrogens is 443 g/mol. The van der Waals surface area contributed by atoms with Gasteiger partial charge in [-0.15, -0.1) is 0 Å². The van der Waals surface area contributed by atoms with Gasteiger partial charge in [0.25, 0.3) is 0 Å². The highest BCUT2D eigenvalue weighted by atomic mass is 32.2. The number of carbonyl (C=O) groups is 1. The fourth-order valence-electron chi connectivity index (χ4n) is 3.97. The van der Waals surface area contributed by atoms with E-state index in [2.05, 4.69) is 10.3 Å². The smallest absolute Gasteiger partial charge is 0.245 e. The van der Waals surface area contributed by atoms with E-state index < -0.39 is 10.0 Å². The maximum Gasteiger partial charge on any atom is 0.245 e. The Morgan fingerprint density at radius 3 is 2.55 bits per heavy atom. The number of aryl methyl sites for hydroxylation is 1. The number of nitrogens with zero attached hydrogens (tertiary/aromatic N) is 3. The minimum atomic E-state index is -3.68. The Balaban J connectivity index is 1.30. The summed E-state index contributed by atoms with van der Waals surface area (Å²) in [5, 5.41) is 3.67. The predicted octanol–water partition coefficient (Wildman–Crippen LogP) is 2.35. The third kappa shape index (κ3) is 5.55. The molecule has 1 saturated heterocycles. The first kappa shape index (κ1) is 23.3. The summed E-state index contributed by atoms with van der Waals surface area (Å²) in [5.41, 5.74) is 2.40. The molecule has 9 heteroatoms. The Hall–Kier alpha value is -2.88. The van der Waals surface area contributed by atoms with Crippen LogP contribution in [0.4, 0.5) is 4.39 Å². The number of halogens is 1. The van der Waals surface area contributed by atoms with Crippen molar-refractivity contribution in [2.75, 3.05) is 39.3 Å². The molecule has 0 aliphatic carbocycles. The molecule has 1 fully saturated rings. The van der Waals surface area contributed by atoms with Gasteiger partial charge < -0.3 is 5.32 Å². The van der Waals surface area contributed by atoms with Crippen LogP contribution in [0.3, 0.4) is 0 Å². The standard InChI is InChI=1S/C24H27FN4O3S/c1-18-15-20-3-2-4-22(24(20)27-16-18)33(31,32)29-13-11-28(12-14-29)17-23(30)26-10-9-19-5-7-21(25)8-6-19/h2-8,15-16H,9-14,17H2,1H3,(H,26,30).